The molecular weight excluding hydrogens is 442 g/mol. The van der Waals surface area contributed by atoms with Crippen LogP contribution in [0.5, 0.6) is 11.5 Å². The third-order valence-electron chi connectivity index (χ3n) is 3.31. The summed E-state index contributed by atoms with van der Waals surface area (Å²) in [5.41, 5.74) is 1.22. The van der Waals surface area contributed by atoms with Gasteiger partial charge < -0.3 is 14.6 Å². The molecule has 0 saturated carbocycles. The van der Waals surface area contributed by atoms with Crippen molar-refractivity contribution in [3.05, 3.63) is 62.2 Å². The summed E-state index contributed by atoms with van der Waals surface area (Å²) in [6.07, 6.45) is 1.48. The van der Waals surface area contributed by atoms with E-state index in [4.69, 9.17) is 9.47 Å². The number of aliphatic imine (C=N–C) groups is 1. The molecule has 2 aromatic carbocycles. The van der Waals surface area contributed by atoms with Crippen LogP contribution >= 0.6 is 31.9 Å². The Kier molecular flexibility index (Phi) is 4.73. The van der Waals surface area contributed by atoms with Gasteiger partial charge >= 0.3 is 5.97 Å². The lowest BCUT2D eigenvalue weighted by molar-refractivity contribution is -0.129. The van der Waals surface area contributed by atoms with E-state index in [0.29, 0.717) is 21.3 Å². The van der Waals surface area contributed by atoms with Crippen LogP contribution in [0.15, 0.2) is 56.0 Å². The van der Waals surface area contributed by atoms with Crippen molar-refractivity contribution in [3.8, 4) is 11.5 Å². The molecule has 0 fully saturated rings. The molecule has 1 aliphatic heterocycles. The highest BCUT2D eigenvalue weighted by Crippen LogP contribution is 2.34. The maximum absolute atomic E-state index is 12.0. The number of methoxy groups -OCH3 is 1. The van der Waals surface area contributed by atoms with Crippen LogP contribution in [0.25, 0.3) is 6.08 Å². The van der Waals surface area contributed by atoms with Gasteiger partial charge in [0.2, 0.25) is 5.90 Å². The highest BCUT2D eigenvalue weighted by Gasteiger charge is 2.24. The summed E-state index contributed by atoms with van der Waals surface area (Å²) in [5.74, 6) is 0.355. The van der Waals surface area contributed by atoms with Crippen LogP contribution in [0.4, 0.5) is 0 Å². The number of benzene rings is 2. The van der Waals surface area contributed by atoms with Gasteiger partial charge in [-0.1, -0.05) is 15.9 Å². The topological polar surface area (TPSA) is 68.1 Å². The number of halogens is 2. The summed E-state index contributed by atoms with van der Waals surface area (Å²) >= 11 is 6.59. The molecule has 5 nitrogen and oxygen atoms in total. The number of carbonyl (C=O) groups excluding carboxylic acids is 1. The van der Waals surface area contributed by atoms with E-state index in [1.807, 2.05) is 0 Å². The summed E-state index contributed by atoms with van der Waals surface area (Å²) in [7, 11) is 1.57. The number of nitrogens with zero attached hydrogens (tertiary/aromatic N) is 1. The zero-order valence-corrected chi connectivity index (χ0v) is 15.6. The first kappa shape index (κ1) is 16.7. The fourth-order valence-electron chi connectivity index (χ4n) is 2.11. The van der Waals surface area contributed by atoms with Gasteiger partial charge in [0, 0.05) is 15.6 Å². The number of cyclic esters (lactones) is 1. The van der Waals surface area contributed by atoms with Gasteiger partial charge in [-0.25, -0.2) is 9.79 Å². The second kappa shape index (κ2) is 6.78. The van der Waals surface area contributed by atoms with E-state index >= 15 is 0 Å². The van der Waals surface area contributed by atoms with Crippen molar-refractivity contribution >= 4 is 49.8 Å². The van der Waals surface area contributed by atoms with E-state index in [9.17, 15) is 9.90 Å². The van der Waals surface area contributed by atoms with E-state index in [0.717, 1.165) is 4.47 Å². The Bertz CT molecular complexity index is 873. The van der Waals surface area contributed by atoms with Crippen molar-refractivity contribution < 1.29 is 19.4 Å². The first-order chi connectivity index (χ1) is 11.5. The lowest BCUT2D eigenvalue weighted by Crippen LogP contribution is -2.05. The van der Waals surface area contributed by atoms with Crippen molar-refractivity contribution in [1.82, 2.24) is 0 Å². The summed E-state index contributed by atoms with van der Waals surface area (Å²) < 4.78 is 11.6. The molecule has 3 rings (SSSR count). The number of rotatable bonds is 3. The van der Waals surface area contributed by atoms with E-state index in [-0.39, 0.29) is 17.3 Å². The fraction of sp³-hybridized carbons (Fsp3) is 0.0588. The molecule has 122 valence electrons. The standard InChI is InChI=1S/C17H11Br2NO4/c1-23-12-4-2-9(3-5-12)16-20-14(17(22)24-16)7-10-6-11(18)8-13(19)15(10)21/h2-8,21H,1H3/b14-7+. The Labute approximate surface area is 154 Å². The molecule has 7 heteroatoms. The predicted molar refractivity (Wildman–Crippen MR) is 97.1 cm³/mol. The van der Waals surface area contributed by atoms with Crippen LogP contribution in [0.1, 0.15) is 11.1 Å². The fourth-order valence-corrected chi connectivity index (χ4v) is 3.37. The number of hydrogen-bond acceptors (Lipinski definition) is 5. The maximum Gasteiger partial charge on any atom is 0.363 e. The zero-order valence-electron chi connectivity index (χ0n) is 12.4. The van der Waals surface area contributed by atoms with Gasteiger partial charge in [-0.15, -0.1) is 0 Å². The van der Waals surface area contributed by atoms with E-state index < -0.39 is 5.97 Å². The van der Waals surface area contributed by atoms with Crippen LogP contribution in [0.2, 0.25) is 0 Å². The Balaban J connectivity index is 1.97. The number of carbonyl (C=O) groups is 1. The molecule has 0 bridgehead atoms. The minimum Gasteiger partial charge on any atom is -0.506 e. The average Bonchev–Trinajstić information content (AvgIpc) is 2.93. The Morgan fingerprint density at radius 1 is 1.21 bits per heavy atom. The number of aromatic hydroxyl groups is 1. The third kappa shape index (κ3) is 3.37. The number of phenols is 1. The molecule has 24 heavy (non-hydrogen) atoms. The maximum atomic E-state index is 12.0. The molecule has 0 spiro atoms. The molecule has 0 aliphatic carbocycles. The Hall–Kier alpha value is -2.12. The largest absolute Gasteiger partial charge is 0.506 e. The molecule has 0 unspecified atom stereocenters. The second-order valence-electron chi connectivity index (χ2n) is 4.89. The number of phenolic OH excluding ortho intramolecular Hbond substituents is 1. The normalized spacial score (nSPS) is 15.4. The van der Waals surface area contributed by atoms with E-state index in [1.165, 1.54) is 6.08 Å². The molecule has 1 heterocycles. The Morgan fingerprint density at radius 2 is 1.92 bits per heavy atom. The summed E-state index contributed by atoms with van der Waals surface area (Å²) in [6, 6.07) is 10.4. The first-order valence-electron chi connectivity index (χ1n) is 6.83. The minimum atomic E-state index is -0.573. The summed E-state index contributed by atoms with van der Waals surface area (Å²) in [5, 5.41) is 10.1. The van der Waals surface area contributed by atoms with Gasteiger partial charge in [0.05, 0.1) is 11.6 Å². The van der Waals surface area contributed by atoms with Crippen LogP contribution in [-0.4, -0.2) is 24.1 Å². The molecule has 0 radical (unpaired) electrons. The SMILES string of the molecule is COc1ccc(C2=N/C(=C/c3cc(Br)cc(Br)c3O)C(=O)O2)cc1. The van der Waals surface area contributed by atoms with Gasteiger partial charge in [-0.2, -0.15) is 0 Å². The minimum absolute atomic E-state index is 0.0200. The number of hydrogen-bond donors (Lipinski definition) is 1. The van der Waals surface area contributed by atoms with Crippen molar-refractivity contribution in [2.24, 2.45) is 4.99 Å². The van der Waals surface area contributed by atoms with Crippen LogP contribution in [0, 0.1) is 0 Å². The average molecular weight is 453 g/mol. The van der Waals surface area contributed by atoms with Crippen molar-refractivity contribution in [1.29, 1.82) is 0 Å². The van der Waals surface area contributed by atoms with Gasteiger partial charge in [-0.3, -0.25) is 0 Å². The van der Waals surface area contributed by atoms with Crippen LogP contribution in [-0.2, 0) is 9.53 Å². The molecule has 0 atom stereocenters. The van der Waals surface area contributed by atoms with Gasteiger partial charge in [0.15, 0.2) is 5.70 Å². The van der Waals surface area contributed by atoms with E-state index in [2.05, 4.69) is 36.9 Å². The van der Waals surface area contributed by atoms with Gasteiger partial charge in [-0.05, 0) is 58.4 Å². The van der Waals surface area contributed by atoms with Gasteiger partial charge in [0.1, 0.15) is 11.5 Å². The highest BCUT2D eigenvalue weighted by atomic mass is 79.9. The number of esters is 1. The Morgan fingerprint density at radius 3 is 2.58 bits per heavy atom. The molecular formula is C17H11Br2NO4. The number of ether oxygens (including phenoxy) is 2. The zero-order chi connectivity index (χ0) is 17.3. The van der Waals surface area contributed by atoms with Crippen molar-refractivity contribution in [3.63, 3.8) is 0 Å². The molecule has 1 aliphatic rings. The molecule has 0 amide bonds. The van der Waals surface area contributed by atoms with Crippen LogP contribution < -0.4 is 4.74 Å². The molecule has 0 saturated heterocycles. The van der Waals surface area contributed by atoms with E-state index in [1.54, 1.807) is 43.5 Å². The highest BCUT2D eigenvalue weighted by molar-refractivity contribution is 9.11. The summed E-state index contributed by atoms with van der Waals surface area (Å²) in [4.78, 5) is 16.2. The van der Waals surface area contributed by atoms with Crippen LogP contribution in [0.3, 0.4) is 0 Å². The first-order valence-corrected chi connectivity index (χ1v) is 8.41. The van der Waals surface area contributed by atoms with Crippen molar-refractivity contribution in [2.45, 2.75) is 0 Å². The third-order valence-corrected chi connectivity index (χ3v) is 4.37. The van der Waals surface area contributed by atoms with Crippen molar-refractivity contribution in [2.75, 3.05) is 7.11 Å². The molecule has 2 aromatic rings. The quantitative estimate of drug-likeness (QED) is 0.557. The van der Waals surface area contributed by atoms with Gasteiger partial charge in [0.25, 0.3) is 0 Å². The smallest absolute Gasteiger partial charge is 0.363 e. The summed E-state index contributed by atoms with van der Waals surface area (Å²) in [6.45, 7) is 0. The monoisotopic (exact) mass is 451 g/mol. The lowest BCUT2D eigenvalue weighted by atomic mass is 10.1. The predicted octanol–water partition coefficient (Wildman–Crippen LogP) is 4.27. The second-order valence-corrected chi connectivity index (χ2v) is 6.66. The molecule has 0 aromatic heterocycles. The molecule has 1 N–H and O–H groups in total. The lowest BCUT2D eigenvalue weighted by Gasteiger charge is -2.03.